The SMILES string of the molecule is COc1ccc(CO)cc1OCc1cccc(Cl)c1F. The van der Waals surface area contributed by atoms with Crippen LogP contribution in [0.4, 0.5) is 4.39 Å². The molecule has 0 aliphatic heterocycles. The van der Waals surface area contributed by atoms with Gasteiger partial charge in [0.2, 0.25) is 0 Å². The topological polar surface area (TPSA) is 38.7 Å². The van der Waals surface area contributed by atoms with Gasteiger partial charge in [-0.1, -0.05) is 29.8 Å². The van der Waals surface area contributed by atoms with Crippen LogP contribution in [0.15, 0.2) is 36.4 Å². The minimum Gasteiger partial charge on any atom is -0.493 e. The van der Waals surface area contributed by atoms with Gasteiger partial charge in [-0.3, -0.25) is 0 Å². The summed E-state index contributed by atoms with van der Waals surface area (Å²) >= 11 is 5.71. The van der Waals surface area contributed by atoms with Crippen LogP contribution in [-0.4, -0.2) is 12.2 Å². The summed E-state index contributed by atoms with van der Waals surface area (Å²) < 4.78 is 24.5. The summed E-state index contributed by atoms with van der Waals surface area (Å²) in [5.41, 5.74) is 1.04. The van der Waals surface area contributed by atoms with Crippen molar-refractivity contribution in [2.24, 2.45) is 0 Å². The van der Waals surface area contributed by atoms with E-state index in [0.717, 1.165) is 0 Å². The Kier molecular flexibility index (Phi) is 4.82. The molecule has 3 nitrogen and oxygen atoms in total. The molecule has 0 aromatic heterocycles. The predicted octanol–water partition coefficient (Wildman–Crippen LogP) is 3.56. The van der Waals surface area contributed by atoms with Crippen molar-refractivity contribution in [1.82, 2.24) is 0 Å². The monoisotopic (exact) mass is 296 g/mol. The van der Waals surface area contributed by atoms with Gasteiger partial charge in [-0.15, -0.1) is 0 Å². The van der Waals surface area contributed by atoms with E-state index < -0.39 is 5.82 Å². The van der Waals surface area contributed by atoms with Crippen molar-refractivity contribution in [3.63, 3.8) is 0 Å². The first kappa shape index (κ1) is 14.6. The quantitative estimate of drug-likeness (QED) is 0.917. The molecule has 0 spiro atoms. The summed E-state index contributed by atoms with van der Waals surface area (Å²) in [6.07, 6.45) is 0. The van der Waals surface area contributed by atoms with Crippen molar-refractivity contribution in [2.75, 3.05) is 7.11 Å². The van der Waals surface area contributed by atoms with Crippen LogP contribution in [0.1, 0.15) is 11.1 Å². The second-order valence-electron chi connectivity index (χ2n) is 4.14. The van der Waals surface area contributed by atoms with Crippen molar-refractivity contribution >= 4 is 11.6 Å². The van der Waals surface area contributed by atoms with Gasteiger partial charge < -0.3 is 14.6 Å². The Hall–Kier alpha value is -1.78. The highest BCUT2D eigenvalue weighted by atomic mass is 35.5. The Morgan fingerprint density at radius 3 is 2.70 bits per heavy atom. The van der Waals surface area contributed by atoms with Gasteiger partial charge in [0.15, 0.2) is 11.5 Å². The third-order valence-electron chi connectivity index (χ3n) is 2.83. The molecule has 0 bridgehead atoms. The van der Waals surface area contributed by atoms with E-state index in [1.54, 1.807) is 30.3 Å². The van der Waals surface area contributed by atoms with Gasteiger partial charge in [0.1, 0.15) is 12.4 Å². The Balaban J connectivity index is 2.19. The van der Waals surface area contributed by atoms with Crippen molar-refractivity contribution in [3.05, 3.63) is 58.4 Å². The van der Waals surface area contributed by atoms with Crippen molar-refractivity contribution < 1.29 is 19.0 Å². The van der Waals surface area contributed by atoms with Crippen LogP contribution < -0.4 is 9.47 Å². The average Bonchev–Trinajstić information content (AvgIpc) is 2.48. The second-order valence-corrected chi connectivity index (χ2v) is 4.55. The van der Waals surface area contributed by atoms with Crippen molar-refractivity contribution in [1.29, 1.82) is 0 Å². The molecule has 0 radical (unpaired) electrons. The van der Waals surface area contributed by atoms with Crippen LogP contribution in [0.5, 0.6) is 11.5 Å². The first-order valence-electron chi connectivity index (χ1n) is 5.99. The Morgan fingerprint density at radius 2 is 2.00 bits per heavy atom. The average molecular weight is 297 g/mol. The summed E-state index contributed by atoms with van der Waals surface area (Å²) in [4.78, 5) is 0. The lowest BCUT2D eigenvalue weighted by atomic mass is 10.2. The van der Waals surface area contributed by atoms with Gasteiger partial charge in [0, 0.05) is 5.56 Å². The Labute approximate surface area is 121 Å². The summed E-state index contributed by atoms with van der Waals surface area (Å²) in [6.45, 7) is -0.0798. The van der Waals surface area contributed by atoms with Crippen LogP contribution >= 0.6 is 11.6 Å². The van der Waals surface area contributed by atoms with Gasteiger partial charge in [-0.2, -0.15) is 0 Å². The molecule has 106 valence electrons. The number of benzene rings is 2. The molecule has 5 heteroatoms. The maximum atomic E-state index is 13.7. The van der Waals surface area contributed by atoms with Crippen molar-refractivity contribution in [3.8, 4) is 11.5 Å². The number of ether oxygens (including phenoxy) is 2. The summed E-state index contributed by atoms with van der Waals surface area (Å²) in [7, 11) is 1.51. The van der Waals surface area contributed by atoms with E-state index >= 15 is 0 Å². The van der Waals surface area contributed by atoms with Crippen LogP contribution in [0.25, 0.3) is 0 Å². The number of rotatable bonds is 5. The van der Waals surface area contributed by atoms with Gasteiger partial charge in [-0.25, -0.2) is 4.39 Å². The fourth-order valence-corrected chi connectivity index (χ4v) is 1.94. The van der Waals surface area contributed by atoms with E-state index in [4.69, 9.17) is 26.2 Å². The lowest BCUT2D eigenvalue weighted by Crippen LogP contribution is -2.01. The number of halogens is 2. The number of hydrogen-bond acceptors (Lipinski definition) is 3. The maximum absolute atomic E-state index is 13.7. The summed E-state index contributed by atoms with van der Waals surface area (Å²) in [5.74, 6) is 0.467. The molecule has 0 heterocycles. The first-order valence-corrected chi connectivity index (χ1v) is 6.37. The molecule has 0 atom stereocenters. The minimum atomic E-state index is -0.494. The second kappa shape index (κ2) is 6.59. The van der Waals surface area contributed by atoms with Crippen LogP contribution in [-0.2, 0) is 13.2 Å². The smallest absolute Gasteiger partial charge is 0.162 e. The summed E-state index contributed by atoms with van der Waals surface area (Å²) in [6, 6.07) is 9.81. The van der Waals surface area contributed by atoms with Crippen LogP contribution in [0.3, 0.4) is 0 Å². The lowest BCUT2D eigenvalue weighted by molar-refractivity contribution is 0.269. The molecule has 0 saturated carbocycles. The van der Waals surface area contributed by atoms with Gasteiger partial charge >= 0.3 is 0 Å². The number of aliphatic hydroxyl groups is 1. The standard InChI is InChI=1S/C15H14ClFO3/c1-19-13-6-5-10(8-18)7-14(13)20-9-11-3-2-4-12(16)15(11)17/h2-7,18H,8-9H2,1H3. The van der Waals surface area contributed by atoms with Crippen LogP contribution in [0, 0.1) is 5.82 Å². The molecule has 2 rings (SSSR count). The van der Waals surface area contributed by atoms with Crippen LogP contribution in [0.2, 0.25) is 5.02 Å². The Morgan fingerprint density at radius 1 is 1.20 bits per heavy atom. The number of hydrogen-bond donors (Lipinski definition) is 1. The number of methoxy groups -OCH3 is 1. The first-order chi connectivity index (χ1) is 9.65. The molecule has 0 amide bonds. The zero-order chi connectivity index (χ0) is 14.5. The van der Waals surface area contributed by atoms with E-state index in [2.05, 4.69) is 0 Å². The normalized spacial score (nSPS) is 10.4. The highest BCUT2D eigenvalue weighted by molar-refractivity contribution is 6.30. The maximum Gasteiger partial charge on any atom is 0.162 e. The third kappa shape index (κ3) is 3.21. The summed E-state index contributed by atoms with van der Waals surface area (Å²) in [5, 5.41) is 9.18. The zero-order valence-corrected chi connectivity index (χ0v) is 11.7. The molecule has 1 N–H and O–H groups in total. The van der Waals surface area contributed by atoms with Crippen molar-refractivity contribution in [2.45, 2.75) is 13.2 Å². The van der Waals surface area contributed by atoms with Gasteiger partial charge in [-0.05, 0) is 23.8 Å². The molecule has 0 fully saturated rings. The molecular weight excluding hydrogens is 283 g/mol. The fraction of sp³-hybridized carbons (Fsp3) is 0.200. The molecule has 0 aliphatic rings. The van der Waals surface area contributed by atoms with Gasteiger partial charge in [0.25, 0.3) is 0 Å². The molecule has 2 aromatic carbocycles. The molecule has 0 aliphatic carbocycles. The highest BCUT2D eigenvalue weighted by Gasteiger charge is 2.10. The zero-order valence-electron chi connectivity index (χ0n) is 10.9. The molecule has 20 heavy (non-hydrogen) atoms. The largest absolute Gasteiger partial charge is 0.493 e. The molecule has 0 unspecified atom stereocenters. The fourth-order valence-electron chi connectivity index (χ4n) is 1.75. The van der Waals surface area contributed by atoms with Gasteiger partial charge in [0.05, 0.1) is 18.7 Å². The van der Waals surface area contributed by atoms with E-state index in [1.165, 1.54) is 13.2 Å². The molecule has 2 aromatic rings. The predicted molar refractivity (Wildman–Crippen MR) is 74.7 cm³/mol. The van der Waals surface area contributed by atoms with E-state index in [-0.39, 0.29) is 18.2 Å². The number of aliphatic hydroxyl groups excluding tert-OH is 1. The highest BCUT2D eigenvalue weighted by Crippen LogP contribution is 2.29. The van der Waals surface area contributed by atoms with E-state index in [9.17, 15) is 4.39 Å². The lowest BCUT2D eigenvalue weighted by Gasteiger charge is -2.12. The van der Waals surface area contributed by atoms with E-state index in [1.807, 2.05) is 0 Å². The minimum absolute atomic E-state index is 0.0254. The molecular formula is C15H14ClFO3. The van der Waals surface area contributed by atoms with E-state index in [0.29, 0.717) is 22.6 Å². The third-order valence-corrected chi connectivity index (χ3v) is 3.12. The molecule has 0 saturated heterocycles. The Bertz CT molecular complexity index is 602.